The summed E-state index contributed by atoms with van der Waals surface area (Å²) in [7, 11) is 2.06. The molecule has 0 saturated heterocycles. The average molecular weight is 329 g/mol. The van der Waals surface area contributed by atoms with Crippen molar-refractivity contribution in [1.82, 2.24) is 4.90 Å². The van der Waals surface area contributed by atoms with Gasteiger partial charge in [-0.25, -0.2) is 4.79 Å². The van der Waals surface area contributed by atoms with E-state index in [4.69, 9.17) is 4.74 Å². The van der Waals surface area contributed by atoms with Gasteiger partial charge in [-0.05, 0) is 32.4 Å². The summed E-state index contributed by atoms with van der Waals surface area (Å²) in [6.45, 7) is 4.23. The molecule has 1 aromatic carbocycles. The molecule has 0 bridgehead atoms. The Labute approximate surface area is 144 Å². The number of hydrogen-bond acceptors (Lipinski definition) is 4. The summed E-state index contributed by atoms with van der Waals surface area (Å²) in [5.41, 5.74) is 0.387. The fraction of sp³-hybridized carbons (Fsp3) is 0.550. The third-order valence-electron chi connectivity index (χ3n) is 5.54. The van der Waals surface area contributed by atoms with Crippen molar-refractivity contribution in [3.05, 3.63) is 47.5 Å². The maximum Gasteiger partial charge on any atom is 0.343 e. The van der Waals surface area contributed by atoms with Crippen molar-refractivity contribution >= 4 is 5.97 Å². The Hall–Kier alpha value is -1.65. The first kappa shape index (κ1) is 17.2. The summed E-state index contributed by atoms with van der Waals surface area (Å²) in [6, 6.07) is 9.24. The zero-order valence-electron chi connectivity index (χ0n) is 14.6. The van der Waals surface area contributed by atoms with Crippen LogP contribution in [0.15, 0.2) is 42.0 Å². The molecule has 0 aromatic heterocycles. The van der Waals surface area contributed by atoms with E-state index in [1.165, 1.54) is 5.57 Å². The summed E-state index contributed by atoms with van der Waals surface area (Å²) in [4.78, 5) is 15.0. The highest BCUT2D eigenvalue weighted by molar-refractivity contribution is 5.81. The molecule has 4 nitrogen and oxygen atoms in total. The molecular weight excluding hydrogens is 302 g/mol. The summed E-state index contributed by atoms with van der Waals surface area (Å²) in [5.74, 6) is -0.341. The fourth-order valence-electron chi connectivity index (χ4n) is 3.57. The molecular formula is C20H27NO3. The lowest BCUT2D eigenvalue weighted by Gasteiger charge is -2.40. The molecule has 2 atom stereocenters. The molecule has 1 aromatic rings. The van der Waals surface area contributed by atoms with Gasteiger partial charge in [0.2, 0.25) is 0 Å². The zero-order valence-corrected chi connectivity index (χ0v) is 14.6. The number of likely N-dealkylation sites (N-methyl/N-ethyl adjacent to an activating group) is 1. The lowest BCUT2D eigenvalue weighted by Crippen LogP contribution is -2.47. The largest absolute Gasteiger partial charge is 0.463 e. The highest BCUT2D eigenvalue weighted by Crippen LogP contribution is 2.43. The Morgan fingerprint density at radius 1 is 1.33 bits per heavy atom. The van der Waals surface area contributed by atoms with Crippen molar-refractivity contribution in [3.63, 3.8) is 0 Å². The molecule has 1 fully saturated rings. The van der Waals surface area contributed by atoms with Gasteiger partial charge >= 0.3 is 5.97 Å². The Kier molecular flexibility index (Phi) is 5.07. The highest BCUT2D eigenvalue weighted by Gasteiger charge is 2.49. The van der Waals surface area contributed by atoms with E-state index in [9.17, 15) is 9.90 Å². The molecule has 0 amide bonds. The number of aliphatic hydroxyl groups is 1. The van der Waals surface area contributed by atoms with Crippen LogP contribution < -0.4 is 0 Å². The summed E-state index contributed by atoms with van der Waals surface area (Å²) >= 11 is 0. The summed E-state index contributed by atoms with van der Waals surface area (Å²) in [5, 5.41) is 11.2. The van der Waals surface area contributed by atoms with Gasteiger partial charge in [0, 0.05) is 24.9 Å². The van der Waals surface area contributed by atoms with Crippen molar-refractivity contribution in [1.29, 1.82) is 0 Å². The van der Waals surface area contributed by atoms with Crippen LogP contribution in [0, 0.1) is 11.8 Å². The van der Waals surface area contributed by atoms with E-state index in [-0.39, 0.29) is 11.8 Å². The zero-order chi connectivity index (χ0) is 17.2. The van der Waals surface area contributed by atoms with Gasteiger partial charge in [-0.1, -0.05) is 48.4 Å². The molecule has 2 aliphatic rings. The van der Waals surface area contributed by atoms with Crippen LogP contribution in [0.5, 0.6) is 0 Å². The fourth-order valence-corrected chi connectivity index (χ4v) is 3.57. The standard InChI is InChI=1S/C20H27NO3/c1-15-11-12-21(2)13-16(15)14-24-19(22)20(23,18-9-6-10-18)17-7-4-3-5-8-17/h3-5,7-8,11,16,18,23H,6,9-10,12-14H2,1-2H3. The van der Waals surface area contributed by atoms with Crippen molar-refractivity contribution in [2.45, 2.75) is 31.8 Å². The number of benzene rings is 1. The number of rotatable bonds is 5. The molecule has 4 heteroatoms. The molecule has 2 unspecified atom stereocenters. The van der Waals surface area contributed by atoms with Crippen molar-refractivity contribution < 1.29 is 14.6 Å². The number of hydrogen-bond donors (Lipinski definition) is 1. The molecule has 1 N–H and O–H groups in total. The smallest absolute Gasteiger partial charge is 0.343 e. The van der Waals surface area contributed by atoms with E-state index in [1.54, 1.807) is 0 Å². The van der Waals surface area contributed by atoms with Gasteiger partial charge in [-0.15, -0.1) is 0 Å². The van der Waals surface area contributed by atoms with Gasteiger partial charge in [0.1, 0.15) is 0 Å². The molecule has 130 valence electrons. The topological polar surface area (TPSA) is 49.8 Å². The molecule has 1 heterocycles. The van der Waals surface area contributed by atoms with Crippen LogP contribution in [0.25, 0.3) is 0 Å². The number of carbonyl (C=O) groups is 1. The number of ether oxygens (including phenoxy) is 1. The van der Waals surface area contributed by atoms with E-state index in [1.807, 2.05) is 30.3 Å². The van der Waals surface area contributed by atoms with Gasteiger partial charge < -0.3 is 14.7 Å². The Bertz CT molecular complexity index is 609. The number of esters is 1. The normalized spacial score (nSPS) is 24.6. The van der Waals surface area contributed by atoms with Crippen LogP contribution in [0.4, 0.5) is 0 Å². The van der Waals surface area contributed by atoms with E-state index in [0.717, 1.165) is 32.4 Å². The maximum atomic E-state index is 12.8. The minimum absolute atomic E-state index is 0.0435. The molecule has 1 aliphatic heterocycles. The lowest BCUT2D eigenvalue weighted by atomic mass is 9.69. The quantitative estimate of drug-likeness (QED) is 0.667. The van der Waals surface area contributed by atoms with Crippen LogP contribution in [0.1, 0.15) is 31.7 Å². The first-order valence-electron chi connectivity index (χ1n) is 8.82. The Morgan fingerprint density at radius 2 is 2.04 bits per heavy atom. The van der Waals surface area contributed by atoms with Crippen molar-refractivity contribution in [3.8, 4) is 0 Å². The molecule has 24 heavy (non-hydrogen) atoms. The molecule has 1 aliphatic carbocycles. The van der Waals surface area contributed by atoms with Gasteiger partial charge in [0.15, 0.2) is 5.60 Å². The van der Waals surface area contributed by atoms with Crippen LogP contribution >= 0.6 is 0 Å². The van der Waals surface area contributed by atoms with Crippen LogP contribution in [0.3, 0.4) is 0 Å². The number of carbonyl (C=O) groups excluding carboxylic acids is 1. The van der Waals surface area contributed by atoms with Gasteiger partial charge in [-0.2, -0.15) is 0 Å². The third-order valence-corrected chi connectivity index (χ3v) is 5.54. The predicted molar refractivity (Wildman–Crippen MR) is 93.4 cm³/mol. The van der Waals surface area contributed by atoms with E-state index < -0.39 is 11.6 Å². The monoisotopic (exact) mass is 329 g/mol. The molecule has 3 rings (SSSR count). The van der Waals surface area contributed by atoms with Gasteiger partial charge in [-0.3, -0.25) is 0 Å². The van der Waals surface area contributed by atoms with Gasteiger partial charge in [0.05, 0.1) is 6.61 Å². The minimum atomic E-state index is -1.52. The van der Waals surface area contributed by atoms with Crippen molar-refractivity contribution in [2.75, 3.05) is 26.7 Å². The highest BCUT2D eigenvalue weighted by atomic mass is 16.5. The van der Waals surface area contributed by atoms with Crippen LogP contribution in [0.2, 0.25) is 0 Å². The Balaban J connectivity index is 1.73. The average Bonchev–Trinajstić information content (AvgIpc) is 2.54. The van der Waals surface area contributed by atoms with E-state index >= 15 is 0 Å². The van der Waals surface area contributed by atoms with E-state index in [2.05, 4.69) is 24.9 Å². The number of nitrogens with zero attached hydrogens (tertiary/aromatic N) is 1. The second kappa shape index (κ2) is 7.08. The maximum absolute atomic E-state index is 12.8. The third kappa shape index (κ3) is 3.26. The molecule has 1 saturated carbocycles. The molecule has 0 radical (unpaired) electrons. The van der Waals surface area contributed by atoms with Gasteiger partial charge in [0.25, 0.3) is 0 Å². The summed E-state index contributed by atoms with van der Waals surface area (Å²) in [6.07, 6.45) is 4.97. The second-order valence-electron chi connectivity index (χ2n) is 7.22. The minimum Gasteiger partial charge on any atom is -0.463 e. The first-order valence-corrected chi connectivity index (χ1v) is 8.82. The van der Waals surface area contributed by atoms with Crippen molar-refractivity contribution in [2.24, 2.45) is 11.8 Å². The molecule has 0 spiro atoms. The second-order valence-corrected chi connectivity index (χ2v) is 7.22. The van der Waals surface area contributed by atoms with E-state index in [0.29, 0.717) is 12.2 Å². The van der Waals surface area contributed by atoms with Crippen LogP contribution in [-0.2, 0) is 15.1 Å². The summed E-state index contributed by atoms with van der Waals surface area (Å²) < 4.78 is 5.62. The SMILES string of the molecule is CC1=CCN(C)CC1COC(=O)C(O)(c1ccccc1)C1CCC1. The lowest BCUT2D eigenvalue weighted by molar-refractivity contribution is -0.179. The first-order chi connectivity index (χ1) is 11.5. The Morgan fingerprint density at radius 3 is 2.67 bits per heavy atom. The predicted octanol–water partition coefficient (Wildman–Crippen LogP) is 2.73. The van der Waals surface area contributed by atoms with Crippen LogP contribution in [-0.4, -0.2) is 42.7 Å².